The van der Waals surface area contributed by atoms with Crippen LogP contribution in [0.1, 0.15) is 24.1 Å². The summed E-state index contributed by atoms with van der Waals surface area (Å²) in [5.74, 6) is 0. The number of allylic oxidation sites excluding steroid dienone is 2. The van der Waals surface area contributed by atoms with E-state index >= 15 is 0 Å². The Labute approximate surface area is 214 Å². The van der Waals surface area contributed by atoms with Crippen molar-refractivity contribution >= 4 is 23.7 Å². The molecule has 0 unspecified atom stereocenters. The van der Waals surface area contributed by atoms with Crippen molar-refractivity contribution in [3.8, 4) is 5.69 Å². The first kappa shape index (κ1) is 24.5. The summed E-state index contributed by atoms with van der Waals surface area (Å²) in [7, 11) is 1.86. The zero-order valence-corrected chi connectivity index (χ0v) is 21.0. The number of morpholine rings is 1. The number of hydrogen-bond acceptors (Lipinski definition) is 6. The molecule has 9 nitrogen and oxygen atoms in total. The van der Waals surface area contributed by atoms with E-state index < -0.39 is 4.92 Å². The SMILES string of the molecule is Cc1c(N=CC2=C(N3CCOCC3)C(=Cc3ccc([N+](=O)[O-])cc3)CC2)c(=O)n(-c2ccccc2)n1C. The molecular weight excluding hydrogens is 470 g/mol. The number of aliphatic imine (C=N–C) groups is 1. The maximum absolute atomic E-state index is 13.3. The lowest BCUT2D eigenvalue weighted by atomic mass is 10.1. The summed E-state index contributed by atoms with van der Waals surface area (Å²) in [5.41, 5.74) is 6.18. The zero-order chi connectivity index (χ0) is 25.9. The van der Waals surface area contributed by atoms with Gasteiger partial charge in [-0.3, -0.25) is 19.6 Å². The van der Waals surface area contributed by atoms with Gasteiger partial charge >= 0.3 is 0 Å². The first-order chi connectivity index (χ1) is 17.9. The summed E-state index contributed by atoms with van der Waals surface area (Å²) in [5, 5.41) is 11.0. The quantitative estimate of drug-likeness (QED) is 0.282. The average molecular weight is 500 g/mol. The molecule has 1 aromatic heterocycles. The predicted octanol–water partition coefficient (Wildman–Crippen LogP) is 4.56. The standard InChI is InChI=1S/C28H29N5O4/c1-20-26(28(34)32(30(20)2)24-6-4-3-5-7-24)29-19-23-11-10-22(27(23)31-14-16-37-17-15-31)18-21-8-12-25(13-9-21)33(35)36/h3-9,12-13,18-19H,10-11,14-17H2,1-2H3. The number of para-hydroxylation sites is 1. The first-order valence-electron chi connectivity index (χ1n) is 12.3. The summed E-state index contributed by atoms with van der Waals surface area (Å²) < 4.78 is 9.04. The molecule has 2 aromatic carbocycles. The molecule has 0 saturated carbocycles. The van der Waals surface area contributed by atoms with Crippen LogP contribution in [0.4, 0.5) is 11.4 Å². The van der Waals surface area contributed by atoms with Gasteiger partial charge in [0.25, 0.3) is 11.2 Å². The first-order valence-corrected chi connectivity index (χ1v) is 12.3. The molecule has 5 rings (SSSR count). The number of nitrogens with zero attached hydrogens (tertiary/aromatic N) is 5. The van der Waals surface area contributed by atoms with Gasteiger partial charge < -0.3 is 9.64 Å². The van der Waals surface area contributed by atoms with Gasteiger partial charge in [-0.2, -0.15) is 0 Å². The van der Waals surface area contributed by atoms with Crippen LogP contribution in [0.5, 0.6) is 0 Å². The summed E-state index contributed by atoms with van der Waals surface area (Å²) in [4.78, 5) is 31.0. The highest BCUT2D eigenvalue weighted by Gasteiger charge is 2.26. The summed E-state index contributed by atoms with van der Waals surface area (Å²) >= 11 is 0. The fraction of sp³-hybridized carbons (Fsp3) is 0.286. The Kier molecular flexibility index (Phi) is 6.87. The van der Waals surface area contributed by atoms with Crippen LogP contribution in [0.25, 0.3) is 11.8 Å². The number of nitro groups is 1. The van der Waals surface area contributed by atoms with Crippen LogP contribution in [0.15, 0.2) is 81.2 Å². The van der Waals surface area contributed by atoms with E-state index in [9.17, 15) is 14.9 Å². The van der Waals surface area contributed by atoms with Crippen LogP contribution in [-0.4, -0.2) is 51.7 Å². The Morgan fingerprint density at radius 3 is 2.41 bits per heavy atom. The Morgan fingerprint density at radius 1 is 1.03 bits per heavy atom. The van der Waals surface area contributed by atoms with Crippen LogP contribution in [-0.2, 0) is 11.8 Å². The van der Waals surface area contributed by atoms with Gasteiger partial charge in [-0.25, -0.2) is 9.67 Å². The monoisotopic (exact) mass is 499 g/mol. The fourth-order valence-electron chi connectivity index (χ4n) is 4.91. The lowest BCUT2D eigenvalue weighted by Gasteiger charge is -2.31. The normalized spacial score (nSPS) is 17.4. The van der Waals surface area contributed by atoms with Crippen LogP contribution in [0.2, 0.25) is 0 Å². The van der Waals surface area contributed by atoms with E-state index in [1.165, 1.54) is 12.1 Å². The molecule has 1 fully saturated rings. The largest absolute Gasteiger partial charge is 0.378 e. The van der Waals surface area contributed by atoms with Crippen LogP contribution < -0.4 is 5.56 Å². The minimum Gasteiger partial charge on any atom is -0.378 e. The summed E-state index contributed by atoms with van der Waals surface area (Å²) in [6.45, 7) is 4.75. The Morgan fingerprint density at radius 2 is 1.73 bits per heavy atom. The highest BCUT2D eigenvalue weighted by atomic mass is 16.6. The maximum Gasteiger partial charge on any atom is 0.297 e. The Bertz CT molecular complexity index is 1460. The molecular formula is C28H29N5O4. The van der Waals surface area contributed by atoms with E-state index in [0.29, 0.717) is 18.9 Å². The molecule has 2 aliphatic rings. The third-order valence-electron chi connectivity index (χ3n) is 6.92. The molecule has 2 heterocycles. The van der Waals surface area contributed by atoms with E-state index in [0.717, 1.165) is 59.7 Å². The molecule has 1 aliphatic carbocycles. The minimum atomic E-state index is -0.391. The zero-order valence-electron chi connectivity index (χ0n) is 21.0. The van der Waals surface area contributed by atoms with E-state index in [4.69, 9.17) is 9.73 Å². The number of ether oxygens (including phenoxy) is 1. The van der Waals surface area contributed by atoms with Crippen molar-refractivity contribution in [1.29, 1.82) is 0 Å². The Balaban J connectivity index is 1.52. The van der Waals surface area contributed by atoms with Crippen LogP contribution >= 0.6 is 0 Å². The molecule has 0 radical (unpaired) electrons. The number of rotatable bonds is 6. The number of aromatic nitrogens is 2. The number of benzene rings is 2. The number of hydrogen-bond donors (Lipinski definition) is 0. The second kappa shape index (κ2) is 10.4. The molecule has 190 valence electrons. The van der Waals surface area contributed by atoms with E-state index in [-0.39, 0.29) is 11.2 Å². The minimum absolute atomic E-state index is 0.0738. The highest BCUT2D eigenvalue weighted by molar-refractivity contribution is 5.86. The van der Waals surface area contributed by atoms with E-state index in [2.05, 4.69) is 11.0 Å². The van der Waals surface area contributed by atoms with Crippen LogP contribution in [0.3, 0.4) is 0 Å². The molecule has 1 saturated heterocycles. The topological polar surface area (TPSA) is 94.9 Å². The van der Waals surface area contributed by atoms with E-state index in [1.54, 1.807) is 16.8 Å². The van der Waals surface area contributed by atoms with Gasteiger partial charge in [0, 0.05) is 44.2 Å². The third-order valence-corrected chi connectivity index (χ3v) is 6.92. The smallest absolute Gasteiger partial charge is 0.297 e. The van der Waals surface area contributed by atoms with Gasteiger partial charge in [-0.1, -0.05) is 18.2 Å². The van der Waals surface area contributed by atoms with Gasteiger partial charge in [-0.15, -0.1) is 0 Å². The van der Waals surface area contributed by atoms with Crippen molar-refractivity contribution in [2.45, 2.75) is 19.8 Å². The maximum atomic E-state index is 13.3. The molecule has 0 N–H and O–H groups in total. The predicted molar refractivity (Wildman–Crippen MR) is 144 cm³/mol. The molecule has 0 spiro atoms. The second-order valence-corrected chi connectivity index (χ2v) is 9.16. The lowest BCUT2D eigenvalue weighted by Crippen LogP contribution is -2.36. The van der Waals surface area contributed by atoms with Crippen LogP contribution in [0, 0.1) is 17.0 Å². The van der Waals surface area contributed by atoms with Gasteiger partial charge in [0.1, 0.15) is 0 Å². The second-order valence-electron chi connectivity index (χ2n) is 9.16. The molecule has 1 aliphatic heterocycles. The van der Waals surface area contributed by atoms with Gasteiger partial charge in [0.05, 0.1) is 29.5 Å². The lowest BCUT2D eigenvalue weighted by molar-refractivity contribution is -0.384. The fourth-order valence-corrected chi connectivity index (χ4v) is 4.91. The van der Waals surface area contributed by atoms with Gasteiger partial charge in [0.2, 0.25) is 0 Å². The van der Waals surface area contributed by atoms with Crippen molar-refractivity contribution in [1.82, 2.24) is 14.3 Å². The molecule has 9 heteroatoms. The van der Waals surface area contributed by atoms with Crippen molar-refractivity contribution in [2.24, 2.45) is 12.0 Å². The summed E-state index contributed by atoms with van der Waals surface area (Å²) in [6.07, 6.45) is 5.55. The van der Waals surface area contributed by atoms with Crippen molar-refractivity contribution in [3.05, 3.63) is 103 Å². The van der Waals surface area contributed by atoms with E-state index in [1.807, 2.05) is 55.2 Å². The molecule has 0 amide bonds. The third kappa shape index (κ3) is 4.90. The Hall–Kier alpha value is -4.24. The van der Waals surface area contributed by atoms with Crippen molar-refractivity contribution < 1.29 is 9.66 Å². The molecule has 0 atom stereocenters. The highest BCUT2D eigenvalue weighted by Crippen LogP contribution is 2.35. The average Bonchev–Trinajstić information content (AvgIpc) is 3.41. The van der Waals surface area contributed by atoms with Crippen molar-refractivity contribution in [3.63, 3.8) is 0 Å². The number of non-ortho nitro benzene ring substituents is 1. The number of nitro benzene ring substituents is 1. The molecule has 37 heavy (non-hydrogen) atoms. The van der Waals surface area contributed by atoms with Gasteiger partial charge in [0.15, 0.2) is 5.69 Å². The molecule has 0 bridgehead atoms. The summed E-state index contributed by atoms with van der Waals surface area (Å²) in [6, 6.07) is 16.1. The molecule has 3 aromatic rings. The van der Waals surface area contributed by atoms with Crippen molar-refractivity contribution in [2.75, 3.05) is 26.3 Å². The van der Waals surface area contributed by atoms with Gasteiger partial charge in [-0.05, 0) is 66.8 Å².